The van der Waals surface area contributed by atoms with Gasteiger partial charge in [-0.2, -0.15) is 0 Å². The van der Waals surface area contributed by atoms with E-state index in [1.54, 1.807) is 36.1 Å². The highest BCUT2D eigenvalue weighted by Crippen LogP contribution is 2.29. The Bertz CT molecular complexity index is 1150. The number of carbonyl (C=O) groups is 1. The third kappa shape index (κ3) is 4.02. The Morgan fingerprint density at radius 3 is 2.57 bits per heavy atom. The number of nitrogens with one attached hydrogen (secondary N) is 1. The van der Waals surface area contributed by atoms with Crippen molar-refractivity contribution in [1.82, 2.24) is 14.8 Å². The molecule has 30 heavy (non-hydrogen) atoms. The second kappa shape index (κ2) is 8.52. The minimum Gasteiger partial charge on any atom is -0.497 e. The molecular weight excluding hydrogens is 384 g/mol. The molecule has 152 valence electrons. The first-order valence-electron chi connectivity index (χ1n) is 9.24. The van der Waals surface area contributed by atoms with Crippen LogP contribution >= 0.6 is 0 Å². The van der Waals surface area contributed by atoms with Gasteiger partial charge in [0.2, 0.25) is 11.8 Å². The van der Waals surface area contributed by atoms with Crippen molar-refractivity contribution in [2.24, 2.45) is 0 Å². The summed E-state index contributed by atoms with van der Waals surface area (Å²) >= 11 is 0. The number of carbonyl (C=O) groups excluding carboxylic acids is 1. The number of hydrogen-bond donors (Lipinski definition) is 1. The maximum Gasteiger partial charge on any atom is 0.264 e. The number of hydrogen-bond acceptors (Lipinski definition) is 6. The van der Waals surface area contributed by atoms with Crippen molar-refractivity contribution < 1.29 is 18.7 Å². The highest BCUT2D eigenvalue weighted by molar-refractivity contribution is 5.92. The quantitative estimate of drug-likeness (QED) is 0.503. The molecule has 0 spiro atoms. The van der Waals surface area contributed by atoms with Gasteiger partial charge >= 0.3 is 0 Å². The molecule has 8 heteroatoms. The predicted octanol–water partition coefficient (Wildman–Crippen LogP) is 3.86. The molecule has 0 aliphatic carbocycles. The van der Waals surface area contributed by atoms with E-state index in [0.717, 1.165) is 5.56 Å². The average Bonchev–Trinajstić information content (AvgIpc) is 3.44. The maximum absolute atomic E-state index is 12.6. The van der Waals surface area contributed by atoms with Crippen LogP contribution in [0.2, 0.25) is 0 Å². The maximum atomic E-state index is 12.6. The lowest BCUT2D eigenvalue weighted by atomic mass is 10.2. The second-order valence-corrected chi connectivity index (χ2v) is 6.41. The van der Waals surface area contributed by atoms with Crippen LogP contribution in [0.15, 0.2) is 71.3 Å². The number of anilines is 1. The summed E-state index contributed by atoms with van der Waals surface area (Å²) in [4.78, 5) is 12.6. The largest absolute Gasteiger partial charge is 0.497 e. The van der Waals surface area contributed by atoms with Crippen LogP contribution in [-0.2, 0) is 11.3 Å². The molecule has 0 aliphatic rings. The number of aromatic nitrogens is 3. The van der Waals surface area contributed by atoms with E-state index in [2.05, 4.69) is 15.5 Å². The monoisotopic (exact) mass is 404 g/mol. The lowest BCUT2D eigenvalue weighted by Gasteiger charge is -2.12. The summed E-state index contributed by atoms with van der Waals surface area (Å²) in [7, 11) is 3.11. The van der Waals surface area contributed by atoms with Crippen LogP contribution in [0, 0.1) is 0 Å². The lowest BCUT2D eigenvalue weighted by molar-refractivity contribution is -0.116. The Balaban J connectivity index is 1.51. The molecule has 4 rings (SSSR count). The molecule has 4 aromatic rings. The zero-order valence-electron chi connectivity index (χ0n) is 16.5. The van der Waals surface area contributed by atoms with Crippen molar-refractivity contribution >= 4 is 11.6 Å². The second-order valence-electron chi connectivity index (χ2n) is 6.41. The van der Waals surface area contributed by atoms with E-state index in [-0.39, 0.29) is 12.5 Å². The molecular formula is C22H20N4O4. The Morgan fingerprint density at radius 2 is 1.80 bits per heavy atom. The van der Waals surface area contributed by atoms with Crippen LogP contribution in [0.3, 0.4) is 0 Å². The molecule has 0 radical (unpaired) electrons. The predicted molar refractivity (Wildman–Crippen MR) is 111 cm³/mol. The number of nitrogens with zero attached hydrogens (tertiary/aromatic N) is 3. The van der Waals surface area contributed by atoms with Crippen molar-refractivity contribution in [3.63, 3.8) is 0 Å². The van der Waals surface area contributed by atoms with Gasteiger partial charge in [-0.15, -0.1) is 10.2 Å². The molecule has 0 bridgehead atoms. The normalized spacial score (nSPS) is 10.6. The van der Waals surface area contributed by atoms with Crippen LogP contribution in [0.25, 0.3) is 23.0 Å². The molecule has 0 atom stereocenters. The van der Waals surface area contributed by atoms with Crippen molar-refractivity contribution in [3.8, 4) is 34.5 Å². The zero-order chi connectivity index (χ0) is 20.9. The number of benzene rings is 2. The first-order valence-corrected chi connectivity index (χ1v) is 9.24. The van der Waals surface area contributed by atoms with Crippen LogP contribution < -0.4 is 14.8 Å². The summed E-state index contributed by atoms with van der Waals surface area (Å²) in [5.41, 5.74) is 2.04. The fraction of sp³-hybridized carbons (Fsp3) is 0.136. The summed E-state index contributed by atoms with van der Waals surface area (Å²) in [6.07, 6.45) is 1.78. The third-order valence-corrected chi connectivity index (χ3v) is 4.49. The molecule has 0 aliphatic heterocycles. The molecule has 0 saturated heterocycles. The van der Waals surface area contributed by atoms with E-state index in [1.807, 2.05) is 42.5 Å². The Hall–Kier alpha value is -4.07. The molecule has 2 aromatic carbocycles. The molecule has 0 saturated carbocycles. The van der Waals surface area contributed by atoms with Gasteiger partial charge in [0.15, 0.2) is 0 Å². The third-order valence-electron chi connectivity index (χ3n) is 4.49. The molecule has 2 aromatic heterocycles. The number of rotatable bonds is 7. The first-order chi connectivity index (χ1) is 14.7. The van der Waals surface area contributed by atoms with E-state index >= 15 is 0 Å². The Labute approximate surface area is 173 Å². The van der Waals surface area contributed by atoms with Gasteiger partial charge in [-0.1, -0.05) is 18.2 Å². The zero-order valence-corrected chi connectivity index (χ0v) is 16.5. The topological polar surface area (TPSA) is 91.4 Å². The smallest absolute Gasteiger partial charge is 0.264 e. The van der Waals surface area contributed by atoms with Crippen molar-refractivity contribution in [1.29, 1.82) is 0 Å². The Kier molecular flexibility index (Phi) is 5.47. The molecule has 1 N–H and O–H groups in total. The highest BCUT2D eigenvalue weighted by atomic mass is 16.5. The average molecular weight is 404 g/mol. The van der Waals surface area contributed by atoms with E-state index in [1.165, 1.54) is 7.11 Å². The van der Waals surface area contributed by atoms with E-state index in [0.29, 0.717) is 34.7 Å². The summed E-state index contributed by atoms with van der Waals surface area (Å²) in [6, 6.07) is 18.4. The molecule has 1 amide bonds. The van der Waals surface area contributed by atoms with Crippen LogP contribution in [0.5, 0.6) is 11.5 Å². The van der Waals surface area contributed by atoms with E-state index in [4.69, 9.17) is 13.9 Å². The Morgan fingerprint density at radius 1 is 1.00 bits per heavy atom. The SMILES string of the molecule is COc1ccc(NC(=O)Cn2cccc2-c2nnc(-c3ccccc3)o2)c(OC)c1. The summed E-state index contributed by atoms with van der Waals surface area (Å²) in [5.74, 6) is 1.70. The van der Waals surface area contributed by atoms with Crippen LogP contribution in [0.1, 0.15) is 0 Å². The molecule has 0 unspecified atom stereocenters. The van der Waals surface area contributed by atoms with Crippen LogP contribution in [0.4, 0.5) is 5.69 Å². The highest BCUT2D eigenvalue weighted by Gasteiger charge is 2.16. The van der Waals surface area contributed by atoms with Gasteiger partial charge in [-0.05, 0) is 36.4 Å². The number of ether oxygens (including phenoxy) is 2. The first kappa shape index (κ1) is 19.3. The van der Waals surface area contributed by atoms with Gasteiger partial charge in [-0.3, -0.25) is 4.79 Å². The lowest BCUT2D eigenvalue weighted by Crippen LogP contribution is -2.19. The summed E-state index contributed by atoms with van der Waals surface area (Å²) in [6.45, 7) is 0.0700. The van der Waals surface area contributed by atoms with Gasteiger partial charge in [-0.25, -0.2) is 0 Å². The molecule has 0 fully saturated rings. The molecule has 2 heterocycles. The summed E-state index contributed by atoms with van der Waals surface area (Å²) < 4.78 is 18.1. The van der Waals surface area contributed by atoms with E-state index in [9.17, 15) is 4.79 Å². The van der Waals surface area contributed by atoms with Crippen molar-refractivity contribution in [3.05, 3.63) is 66.9 Å². The number of methoxy groups -OCH3 is 2. The van der Waals surface area contributed by atoms with Gasteiger partial charge < -0.3 is 23.8 Å². The summed E-state index contributed by atoms with van der Waals surface area (Å²) in [5, 5.41) is 11.1. The van der Waals surface area contributed by atoms with Gasteiger partial charge in [0.05, 0.1) is 19.9 Å². The van der Waals surface area contributed by atoms with Gasteiger partial charge in [0.1, 0.15) is 23.7 Å². The molecule has 8 nitrogen and oxygen atoms in total. The van der Waals surface area contributed by atoms with Crippen molar-refractivity contribution in [2.45, 2.75) is 6.54 Å². The van der Waals surface area contributed by atoms with Crippen LogP contribution in [-0.4, -0.2) is 34.9 Å². The fourth-order valence-electron chi connectivity index (χ4n) is 3.02. The standard InChI is InChI=1S/C22H20N4O4/c1-28-16-10-11-17(19(13-16)29-2)23-20(27)14-26-12-6-9-18(26)22-25-24-21(30-22)15-7-4-3-5-8-15/h3-13H,14H2,1-2H3,(H,23,27). The van der Waals surface area contributed by atoms with Gasteiger partial charge in [0.25, 0.3) is 5.89 Å². The van der Waals surface area contributed by atoms with Gasteiger partial charge in [0, 0.05) is 17.8 Å². The van der Waals surface area contributed by atoms with Crippen molar-refractivity contribution in [2.75, 3.05) is 19.5 Å². The minimum atomic E-state index is -0.223. The number of amides is 1. The minimum absolute atomic E-state index is 0.0700. The fourth-order valence-corrected chi connectivity index (χ4v) is 3.02. The van der Waals surface area contributed by atoms with E-state index < -0.39 is 0 Å².